The summed E-state index contributed by atoms with van der Waals surface area (Å²) in [4.78, 5) is 66.0. The Bertz CT molecular complexity index is 2180. The molecular weight excluding hydrogens is 1190 g/mol. The number of hydrogen-bond donors (Lipinski definition) is 0. The Labute approximate surface area is 422 Å². The van der Waals surface area contributed by atoms with Gasteiger partial charge in [0.25, 0.3) is 0 Å². The van der Waals surface area contributed by atoms with E-state index >= 15 is 0 Å². The summed E-state index contributed by atoms with van der Waals surface area (Å²) in [6.45, 7) is 21.8. The van der Waals surface area contributed by atoms with E-state index < -0.39 is 57.9 Å². The van der Waals surface area contributed by atoms with Gasteiger partial charge in [-0.05, 0) is 66.9 Å². The number of unbranched alkanes of at least 4 members (excludes halogenated alkanes) is 2. The molecule has 2 aliphatic heterocycles. The maximum absolute atomic E-state index is 12.9. The van der Waals surface area contributed by atoms with Crippen molar-refractivity contribution in [1.82, 2.24) is 9.97 Å². The van der Waals surface area contributed by atoms with E-state index in [0.29, 0.717) is 25.9 Å². The second kappa shape index (κ2) is 27.4. The van der Waals surface area contributed by atoms with E-state index in [2.05, 4.69) is 177 Å². The molecule has 0 saturated heterocycles. The van der Waals surface area contributed by atoms with Crippen molar-refractivity contribution in [2.75, 3.05) is 58.9 Å². The van der Waals surface area contributed by atoms with Crippen LogP contribution in [0.4, 0.5) is 34.4 Å². The number of aromatic nitrogens is 2. The van der Waals surface area contributed by atoms with Gasteiger partial charge >= 0.3 is 256 Å². The third-order valence-corrected chi connectivity index (χ3v) is 17.4. The van der Waals surface area contributed by atoms with Crippen LogP contribution in [0.25, 0.3) is 0 Å². The summed E-state index contributed by atoms with van der Waals surface area (Å²) in [5.74, 6) is 2.41. The monoisotopic (exact) mass is 1270 g/mol. The molecule has 8 nitrogen and oxygen atoms in total. The Morgan fingerprint density at radius 3 is 1.37 bits per heavy atom. The SMILES string of the molecule is CCCCN(CC)c1cc(C)nc2c1CC(=O)CN2c1ccc(C)c[c]1[Sn]([CH3])([CH3])[CH3].CCCCN(CC)c1cc(C)nc2c1CC(=O)CN2c1ccc(C)cc1Br.[CH3][Sn]([CH3])[CH3].[CH3][Sn]([CH3])[CH3]. The van der Waals surface area contributed by atoms with Crippen LogP contribution in [0.2, 0.25) is 44.5 Å². The molecule has 65 heavy (non-hydrogen) atoms. The van der Waals surface area contributed by atoms with Gasteiger partial charge in [0.2, 0.25) is 0 Å². The maximum atomic E-state index is 12.9. The van der Waals surface area contributed by atoms with Gasteiger partial charge in [-0.15, -0.1) is 0 Å². The van der Waals surface area contributed by atoms with E-state index in [1.807, 2.05) is 6.92 Å². The van der Waals surface area contributed by atoms with Crippen LogP contribution in [-0.2, 0) is 22.4 Å². The van der Waals surface area contributed by atoms with Crippen LogP contribution in [0.15, 0.2) is 53.0 Å². The first-order valence-corrected chi connectivity index (χ1v) is 52.0. The minimum atomic E-state index is -2.41. The number of pyridine rings is 2. The molecule has 356 valence electrons. The van der Waals surface area contributed by atoms with Gasteiger partial charge in [0.1, 0.15) is 5.82 Å². The van der Waals surface area contributed by atoms with Gasteiger partial charge in [-0.3, -0.25) is 4.79 Å². The van der Waals surface area contributed by atoms with Crippen molar-refractivity contribution in [3.63, 3.8) is 0 Å². The molecule has 0 bridgehead atoms. The number of halogens is 1. The van der Waals surface area contributed by atoms with E-state index in [1.54, 1.807) is 0 Å². The van der Waals surface area contributed by atoms with E-state index in [-0.39, 0.29) is 11.6 Å². The van der Waals surface area contributed by atoms with Gasteiger partial charge in [-0.2, -0.15) is 0 Å². The number of benzene rings is 2. The zero-order valence-corrected chi connectivity index (χ0v) is 53.6. The van der Waals surface area contributed by atoms with Gasteiger partial charge in [0, 0.05) is 40.9 Å². The summed E-state index contributed by atoms with van der Waals surface area (Å²) >= 11 is 0.181. The zero-order valence-electron chi connectivity index (χ0n) is 43.5. The Hall–Kier alpha value is -1.84. The fourth-order valence-corrected chi connectivity index (χ4v) is 13.4. The molecule has 2 aromatic carbocycles. The van der Waals surface area contributed by atoms with E-state index in [1.165, 1.54) is 32.5 Å². The molecule has 6 rings (SSSR count). The number of rotatable bonds is 13. The quantitative estimate of drug-likeness (QED) is 0.123. The molecule has 0 atom stereocenters. The summed E-state index contributed by atoms with van der Waals surface area (Å²) in [6.07, 6.45) is 5.56. The van der Waals surface area contributed by atoms with Crippen LogP contribution in [0.1, 0.15) is 87.0 Å². The molecule has 4 heterocycles. The van der Waals surface area contributed by atoms with Crippen LogP contribution >= 0.6 is 15.9 Å². The van der Waals surface area contributed by atoms with Crippen LogP contribution in [-0.4, -0.2) is 119 Å². The Morgan fingerprint density at radius 1 is 0.615 bits per heavy atom. The molecule has 0 N–H and O–H groups in total. The van der Waals surface area contributed by atoms with Crippen LogP contribution < -0.4 is 23.2 Å². The van der Waals surface area contributed by atoms with Crippen molar-refractivity contribution in [2.24, 2.45) is 0 Å². The van der Waals surface area contributed by atoms with Crippen molar-refractivity contribution in [3.05, 3.63) is 86.6 Å². The number of fused-ring (bicyclic) bond motifs is 2. The minimum absolute atomic E-state index is 0.230. The molecule has 4 aromatic rings. The molecule has 0 aliphatic carbocycles. The second-order valence-electron chi connectivity index (χ2n) is 19.9. The molecular formula is C53H83BrN6O2Sn3. The van der Waals surface area contributed by atoms with E-state index in [4.69, 9.17) is 9.97 Å². The first kappa shape index (κ1) is 57.5. The van der Waals surface area contributed by atoms with Gasteiger partial charge in [0.15, 0.2) is 5.78 Å². The number of nitrogens with zero attached hydrogens (tertiary/aromatic N) is 6. The Morgan fingerprint density at radius 2 is 1.00 bits per heavy atom. The number of hydrogen-bond acceptors (Lipinski definition) is 8. The average Bonchev–Trinajstić information content (AvgIpc) is 3.21. The van der Waals surface area contributed by atoms with Crippen LogP contribution in [0.3, 0.4) is 0 Å². The predicted molar refractivity (Wildman–Crippen MR) is 295 cm³/mol. The number of anilines is 6. The molecule has 0 spiro atoms. The number of Topliss-reactive ketones (excluding diaryl/α,β-unsaturated/α-hetero) is 2. The molecule has 12 heteroatoms. The summed E-state index contributed by atoms with van der Waals surface area (Å²) in [7, 11) is 0. The Balaban J connectivity index is 0.000000297. The van der Waals surface area contributed by atoms with Crippen molar-refractivity contribution in [3.8, 4) is 0 Å². The molecule has 0 fully saturated rings. The number of carbonyl (C=O) groups is 2. The topological polar surface area (TPSA) is 72.9 Å². The fourth-order valence-electron chi connectivity index (χ4n) is 8.00. The van der Waals surface area contributed by atoms with Crippen molar-refractivity contribution >= 4 is 123 Å². The van der Waals surface area contributed by atoms with Crippen molar-refractivity contribution in [1.29, 1.82) is 0 Å². The summed E-state index contributed by atoms with van der Waals surface area (Å²) in [6, 6.07) is 17.3. The van der Waals surface area contributed by atoms with Gasteiger partial charge < -0.3 is 9.80 Å². The summed E-state index contributed by atoms with van der Waals surface area (Å²) < 4.78 is 2.46. The number of carbonyl (C=O) groups excluding carboxylic acids is 2. The Kier molecular flexibility index (Phi) is 24.2. The normalized spacial score (nSPS) is 13.3. The average molecular weight is 1270 g/mol. The molecule has 0 saturated carbocycles. The predicted octanol–water partition coefficient (Wildman–Crippen LogP) is 13.2. The summed E-state index contributed by atoms with van der Waals surface area (Å²) in [5, 5.41) is 0. The number of aryl methyl sites for hydroxylation is 4. The van der Waals surface area contributed by atoms with Crippen LogP contribution in [0, 0.1) is 27.7 Å². The van der Waals surface area contributed by atoms with Gasteiger partial charge in [0.05, 0.1) is 12.2 Å². The third kappa shape index (κ3) is 17.3. The van der Waals surface area contributed by atoms with Crippen molar-refractivity contribution in [2.45, 2.75) is 138 Å². The fraction of sp³-hybridized carbons (Fsp3) is 0.547. The molecule has 2 aromatic heterocycles. The van der Waals surface area contributed by atoms with Crippen molar-refractivity contribution < 1.29 is 9.59 Å². The zero-order chi connectivity index (χ0) is 48.8. The molecule has 2 radical (unpaired) electrons. The van der Waals surface area contributed by atoms with Crippen LogP contribution in [0.5, 0.6) is 0 Å². The van der Waals surface area contributed by atoms with E-state index in [9.17, 15) is 9.59 Å². The number of ketones is 2. The van der Waals surface area contributed by atoms with Gasteiger partial charge in [-0.1, -0.05) is 19.4 Å². The van der Waals surface area contributed by atoms with E-state index in [0.717, 1.165) is 95.4 Å². The second-order valence-corrected chi connectivity index (χ2v) is 52.2. The van der Waals surface area contributed by atoms with Gasteiger partial charge in [-0.25, -0.2) is 4.98 Å². The molecule has 0 unspecified atom stereocenters. The molecule has 2 aliphatic rings. The summed E-state index contributed by atoms with van der Waals surface area (Å²) in [5.41, 5.74) is 11.2. The first-order chi connectivity index (χ1) is 30.6. The molecule has 0 amide bonds. The first-order valence-electron chi connectivity index (χ1n) is 24.1. The standard InChI is InChI=1S/C22H28BrN3O.C22H28N3O.9CH3.3Sn/c1-5-7-10-25(6-2)21-12-16(4)24-22-18(21)13-17(27)14-26(22)20-9-8-15(3)11-19(20)23;1-5-7-12-24(6-2)21-13-17(4)23-22-20(21)14-19(26)15-25(22)18-10-8-16(3)9-11-18;;;;;;;;;;;;/h8-9,11-12H,5-7,10,13-14H2,1-4H3;8-10,13H,5-7,12,14-15H2,1-4H3;9*1H3;;;. The third-order valence-electron chi connectivity index (χ3n) is 11.0.